The molecule has 4 aromatic rings. The summed E-state index contributed by atoms with van der Waals surface area (Å²) in [6.07, 6.45) is 0. The Labute approximate surface area is 227 Å². The summed E-state index contributed by atoms with van der Waals surface area (Å²) in [6, 6.07) is 10.6. The van der Waals surface area contributed by atoms with Crippen LogP contribution in [0.15, 0.2) is 48.5 Å². The number of hydrogen-bond donors (Lipinski definition) is 1. The average molecular weight is 544 g/mol. The lowest BCUT2D eigenvalue weighted by atomic mass is 9.85. The van der Waals surface area contributed by atoms with Gasteiger partial charge in [-0.2, -0.15) is 10.0 Å². The van der Waals surface area contributed by atoms with E-state index in [4.69, 9.17) is 0 Å². The van der Waals surface area contributed by atoms with Gasteiger partial charge in [-0.1, -0.05) is 0 Å². The quantitative estimate of drug-likeness (QED) is 0.356. The van der Waals surface area contributed by atoms with Crippen molar-refractivity contribution in [2.24, 2.45) is 0 Å². The lowest BCUT2D eigenvalue weighted by Gasteiger charge is -2.37. The Morgan fingerprint density at radius 2 is 0.634 bits per heavy atom. The van der Waals surface area contributed by atoms with Gasteiger partial charge in [0.05, 0.1) is 22.3 Å². The van der Waals surface area contributed by atoms with Crippen LogP contribution in [0.25, 0.3) is 21.5 Å². The molecule has 41 heavy (non-hydrogen) atoms. The fourth-order valence-electron chi connectivity index (χ4n) is 6.13. The summed E-state index contributed by atoms with van der Waals surface area (Å²) < 4.78 is 0. The molecule has 1 N–H and O–H groups in total. The zero-order valence-corrected chi connectivity index (χ0v) is 20.7. The Morgan fingerprint density at radius 1 is 0.390 bits per heavy atom. The molecule has 0 fully saturated rings. The van der Waals surface area contributed by atoms with Crippen molar-refractivity contribution in [1.29, 1.82) is 0 Å². The Kier molecular flexibility index (Phi) is 3.98. The van der Waals surface area contributed by atoms with E-state index in [1.54, 1.807) is 0 Å². The predicted molar refractivity (Wildman–Crippen MR) is 137 cm³/mol. The summed E-state index contributed by atoms with van der Waals surface area (Å²) in [5, 5.41) is 3.55. The fraction of sp³-hybridized carbons (Fsp3) is 0.0345. The van der Waals surface area contributed by atoms with Gasteiger partial charge in [-0.3, -0.25) is 48.6 Å². The molecule has 0 unspecified atom stereocenters. The van der Waals surface area contributed by atoms with E-state index in [1.165, 1.54) is 55.6 Å². The van der Waals surface area contributed by atoms with E-state index >= 15 is 0 Å². The molecule has 12 nitrogen and oxygen atoms in total. The van der Waals surface area contributed by atoms with Crippen molar-refractivity contribution in [3.63, 3.8) is 0 Å². The van der Waals surface area contributed by atoms with Crippen LogP contribution < -0.4 is 5.32 Å². The lowest BCUT2D eigenvalue weighted by Crippen LogP contribution is -2.58. The maximum absolute atomic E-state index is 13.8. The molecule has 8 amide bonds. The molecular formula is C29H12N4O8. The normalized spacial score (nSPS) is 17.3. The molecule has 0 radical (unpaired) electrons. The maximum atomic E-state index is 13.8. The van der Waals surface area contributed by atoms with Crippen molar-refractivity contribution in [3.8, 4) is 0 Å². The maximum Gasteiger partial charge on any atom is 0.281 e. The van der Waals surface area contributed by atoms with E-state index < -0.39 is 47.3 Å². The number of carbonyl (C=O) groups is 8. The van der Waals surface area contributed by atoms with Crippen LogP contribution in [-0.4, -0.2) is 69.2 Å². The second-order valence-electron chi connectivity index (χ2n) is 9.94. The summed E-state index contributed by atoms with van der Waals surface area (Å²) in [7, 11) is 1.33. The van der Waals surface area contributed by atoms with Gasteiger partial charge in [0.2, 0.25) is 0 Å². The third-order valence-corrected chi connectivity index (χ3v) is 8.00. The first-order chi connectivity index (χ1) is 19.6. The van der Waals surface area contributed by atoms with E-state index in [0.29, 0.717) is 10.0 Å². The largest absolute Gasteiger partial charge is 0.288 e. The first-order valence-electron chi connectivity index (χ1n) is 12.3. The van der Waals surface area contributed by atoms with Gasteiger partial charge in [0, 0.05) is 50.8 Å². The number of hydrogen-bond acceptors (Lipinski definition) is 8. The molecule has 0 spiro atoms. The standard InChI is InChI=1S/C29H12N4O8/c1-31-24(36)12-6-8-16-21-17(9-7-13(19(12)21)25(31)37)29(41)33(28(16)40)32-26(38)14-4-2-10-18-11(23(35)30-22(10)34)3-5-15(20(14)18)27(32)39/h2-9H,1H3,(H,30,34,35). The molecule has 4 heterocycles. The second kappa shape index (κ2) is 7.12. The molecule has 12 heteroatoms. The van der Waals surface area contributed by atoms with Gasteiger partial charge in [-0.25, -0.2) is 0 Å². The highest BCUT2D eigenvalue weighted by atomic mass is 16.2. The Bertz CT molecular complexity index is 2020. The fourth-order valence-corrected chi connectivity index (χ4v) is 6.13. The zero-order chi connectivity index (χ0) is 28.6. The number of hydrazine groups is 1. The predicted octanol–water partition coefficient (Wildman–Crippen LogP) is 1.91. The number of benzene rings is 4. The minimum absolute atomic E-state index is 0.0754. The summed E-state index contributed by atoms with van der Waals surface area (Å²) >= 11 is 0. The Morgan fingerprint density at radius 3 is 0.951 bits per heavy atom. The van der Waals surface area contributed by atoms with Crippen LogP contribution in [0.1, 0.15) is 82.9 Å². The van der Waals surface area contributed by atoms with Gasteiger partial charge in [0.15, 0.2) is 0 Å². The molecule has 0 saturated carbocycles. The highest BCUT2D eigenvalue weighted by molar-refractivity contribution is 6.37. The number of nitrogens with one attached hydrogen (secondary N) is 1. The number of rotatable bonds is 1. The monoisotopic (exact) mass is 544 g/mol. The van der Waals surface area contributed by atoms with Crippen molar-refractivity contribution in [1.82, 2.24) is 20.2 Å². The summed E-state index contributed by atoms with van der Waals surface area (Å²) in [5.41, 5.74) is 0.138. The highest BCUT2D eigenvalue weighted by Gasteiger charge is 2.47. The van der Waals surface area contributed by atoms with Gasteiger partial charge in [-0.15, -0.1) is 0 Å². The van der Waals surface area contributed by atoms with E-state index in [0.717, 1.165) is 4.90 Å². The van der Waals surface area contributed by atoms with Gasteiger partial charge in [0.25, 0.3) is 47.3 Å². The SMILES string of the molecule is CN1C(=O)c2ccc3c4c(ccc(c24)C1=O)C(=O)N(N1C(=O)c2ccc4c5c(ccc(c25)C1=O)C(=O)NC4=O)C3=O. The topological polar surface area (TPSA) is 158 Å². The van der Waals surface area contributed by atoms with E-state index in [-0.39, 0.29) is 66.1 Å². The third kappa shape index (κ3) is 2.49. The third-order valence-electron chi connectivity index (χ3n) is 8.00. The second-order valence-corrected chi connectivity index (χ2v) is 9.94. The zero-order valence-electron chi connectivity index (χ0n) is 20.7. The Hall–Kier alpha value is -6.04. The van der Waals surface area contributed by atoms with Crippen molar-refractivity contribution in [2.75, 3.05) is 7.05 Å². The molecule has 0 bridgehead atoms. The van der Waals surface area contributed by atoms with Crippen LogP contribution >= 0.6 is 0 Å². The number of nitrogens with zero attached hydrogens (tertiary/aromatic N) is 3. The van der Waals surface area contributed by atoms with E-state index in [9.17, 15) is 38.4 Å². The van der Waals surface area contributed by atoms with Gasteiger partial charge >= 0.3 is 0 Å². The minimum atomic E-state index is -1.01. The molecular weight excluding hydrogens is 532 g/mol. The molecule has 196 valence electrons. The summed E-state index contributed by atoms with van der Waals surface area (Å²) in [4.78, 5) is 107. The molecule has 0 aromatic heterocycles. The molecule has 4 aliphatic rings. The molecule has 0 aliphatic carbocycles. The van der Waals surface area contributed by atoms with Gasteiger partial charge < -0.3 is 0 Å². The van der Waals surface area contributed by atoms with E-state index in [2.05, 4.69) is 5.32 Å². The number of amides is 8. The average Bonchev–Trinajstić information content (AvgIpc) is 2.96. The van der Waals surface area contributed by atoms with Crippen LogP contribution in [0, 0.1) is 0 Å². The van der Waals surface area contributed by atoms with Crippen molar-refractivity contribution in [2.45, 2.75) is 0 Å². The molecule has 4 aromatic carbocycles. The van der Waals surface area contributed by atoms with Gasteiger partial charge in [0.1, 0.15) is 0 Å². The Balaban J connectivity index is 1.33. The van der Waals surface area contributed by atoms with E-state index in [1.807, 2.05) is 0 Å². The van der Waals surface area contributed by atoms with Crippen molar-refractivity contribution >= 4 is 68.8 Å². The minimum Gasteiger partial charge on any atom is -0.288 e. The van der Waals surface area contributed by atoms with Crippen LogP contribution in [0.3, 0.4) is 0 Å². The highest BCUT2D eigenvalue weighted by Crippen LogP contribution is 2.41. The molecule has 4 aliphatic heterocycles. The molecule has 0 atom stereocenters. The number of carbonyl (C=O) groups excluding carboxylic acids is 8. The van der Waals surface area contributed by atoms with Crippen molar-refractivity contribution in [3.05, 3.63) is 93.0 Å². The molecule has 8 rings (SSSR count). The smallest absolute Gasteiger partial charge is 0.281 e. The molecule has 0 saturated heterocycles. The van der Waals surface area contributed by atoms with Crippen LogP contribution in [0.2, 0.25) is 0 Å². The van der Waals surface area contributed by atoms with Crippen LogP contribution in [-0.2, 0) is 0 Å². The van der Waals surface area contributed by atoms with Gasteiger partial charge in [-0.05, 0) is 48.5 Å². The summed E-state index contributed by atoms with van der Waals surface area (Å²) in [5.74, 6) is -6.59. The van der Waals surface area contributed by atoms with Crippen LogP contribution in [0.5, 0.6) is 0 Å². The summed E-state index contributed by atoms with van der Waals surface area (Å²) in [6.45, 7) is 0. The first-order valence-corrected chi connectivity index (χ1v) is 12.3. The number of imide groups is 4. The van der Waals surface area contributed by atoms with Crippen LogP contribution in [0.4, 0.5) is 0 Å². The first kappa shape index (κ1) is 22.9. The lowest BCUT2D eigenvalue weighted by molar-refractivity contribution is 0.00211. The van der Waals surface area contributed by atoms with Crippen molar-refractivity contribution < 1.29 is 38.4 Å².